The normalized spacial score (nSPS) is 11.9. The summed E-state index contributed by atoms with van der Waals surface area (Å²) in [6.07, 6.45) is 0.00732. The number of nitro benzene ring substituents is 1. The lowest BCUT2D eigenvalue weighted by molar-refractivity contribution is -0.387. The van der Waals surface area contributed by atoms with Crippen molar-refractivity contribution < 1.29 is 23.2 Å². The van der Waals surface area contributed by atoms with Crippen molar-refractivity contribution in [3.8, 4) is 5.75 Å². The SMILES string of the molecule is NC(=O)C(N)CCOc1cc(F)c([N+](=O)[O-])cc1F. The molecule has 104 valence electrons. The topological polar surface area (TPSA) is 121 Å². The lowest BCUT2D eigenvalue weighted by Gasteiger charge is -2.10. The van der Waals surface area contributed by atoms with Gasteiger partial charge in [0.25, 0.3) is 0 Å². The molecule has 1 aromatic carbocycles. The molecule has 0 aliphatic carbocycles. The molecule has 0 radical (unpaired) electrons. The van der Waals surface area contributed by atoms with Gasteiger partial charge in [-0.1, -0.05) is 0 Å². The van der Waals surface area contributed by atoms with Gasteiger partial charge in [-0.05, 0) is 0 Å². The van der Waals surface area contributed by atoms with E-state index in [0.717, 1.165) is 0 Å². The summed E-state index contributed by atoms with van der Waals surface area (Å²) in [5, 5.41) is 10.4. The number of nitrogens with zero attached hydrogens (tertiary/aromatic N) is 1. The van der Waals surface area contributed by atoms with Crippen LogP contribution < -0.4 is 16.2 Å². The Morgan fingerprint density at radius 3 is 2.58 bits per heavy atom. The molecule has 0 saturated heterocycles. The van der Waals surface area contributed by atoms with Gasteiger partial charge in [0.1, 0.15) is 0 Å². The van der Waals surface area contributed by atoms with Gasteiger partial charge in [-0.15, -0.1) is 0 Å². The average molecular weight is 275 g/mol. The number of ether oxygens (including phenoxy) is 1. The fourth-order valence-corrected chi connectivity index (χ4v) is 1.21. The van der Waals surface area contributed by atoms with Crippen molar-refractivity contribution in [2.24, 2.45) is 11.5 Å². The van der Waals surface area contributed by atoms with Crippen LogP contribution in [0.1, 0.15) is 6.42 Å². The van der Waals surface area contributed by atoms with Crippen molar-refractivity contribution >= 4 is 11.6 Å². The van der Waals surface area contributed by atoms with Gasteiger partial charge in [0, 0.05) is 12.5 Å². The summed E-state index contributed by atoms with van der Waals surface area (Å²) in [6, 6.07) is 0.00744. The fraction of sp³-hybridized carbons (Fsp3) is 0.300. The highest BCUT2D eigenvalue weighted by Gasteiger charge is 2.19. The van der Waals surface area contributed by atoms with Crippen molar-refractivity contribution in [3.05, 3.63) is 33.9 Å². The van der Waals surface area contributed by atoms with Crippen LogP contribution in [0.4, 0.5) is 14.5 Å². The lowest BCUT2D eigenvalue weighted by atomic mass is 10.2. The first-order valence-electron chi connectivity index (χ1n) is 5.14. The second kappa shape index (κ2) is 6.05. The number of carbonyl (C=O) groups excluding carboxylic acids is 1. The molecule has 0 bridgehead atoms. The highest BCUT2D eigenvalue weighted by Crippen LogP contribution is 2.26. The minimum atomic E-state index is -1.22. The highest BCUT2D eigenvalue weighted by atomic mass is 19.1. The largest absolute Gasteiger partial charge is 0.490 e. The molecule has 4 N–H and O–H groups in total. The Balaban J connectivity index is 2.72. The van der Waals surface area contributed by atoms with Crippen LogP contribution in [0.3, 0.4) is 0 Å². The van der Waals surface area contributed by atoms with Gasteiger partial charge in [0.05, 0.1) is 23.6 Å². The first-order chi connectivity index (χ1) is 8.82. The number of rotatable bonds is 6. The zero-order valence-electron chi connectivity index (χ0n) is 9.64. The third kappa shape index (κ3) is 3.85. The molecular formula is C10H11F2N3O4. The first-order valence-corrected chi connectivity index (χ1v) is 5.14. The number of carbonyl (C=O) groups is 1. The number of benzene rings is 1. The Hall–Kier alpha value is -2.29. The minimum absolute atomic E-state index is 0.00732. The Morgan fingerprint density at radius 2 is 2.05 bits per heavy atom. The van der Waals surface area contributed by atoms with Crippen molar-refractivity contribution in [3.63, 3.8) is 0 Å². The van der Waals surface area contributed by atoms with Crippen molar-refractivity contribution in [2.45, 2.75) is 12.5 Å². The summed E-state index contributed by atoms with van der Waals surface area (Å²) >= 11 is 0. The van der Waals surface area contributed by atoms with Crippen molar-refractivity contribution in [1.82, 2.24) is 0 Å². The van der Waals surface area contributed by atoms with Gasteiger partial charge in [0.15, 0.2) is 11.6 Å². The maximum Gasteiger partial charge on any atom is 0.307 e. The maximum absolute atomic E-state index is 13.4. The second-order valence-corrected chi connectivity index (χ2v) is 3.64. The summed E-state index contributed by atoms with van der Waals surface area (Å²) in [4.78, 5) is 19.9. The molecule has 0 fully saturated rings. The summed E-state index contributed by atoms with van der Waals surface area (Å²) in [7, 11) is 0. The van der Waals surface area contributed by atoms with E-state index >= 15 is 0 Å². The Labute approximate surface area is 106 Å². The van der Waals surface area contributed by atoms with Gasteiger partial charge in [-0.25, -0.2) is 4.39 Å². The standard InChI is InChI=1S/C10H11F2N3O4/c11-5-4-9(6(12)3-8(5)15(17)18)19-2-1-7(13)10(14)16/h3-4,7H,1-2,13H2,(H2,14,16). The molecule has 0 heterocycles. The predicted molar refractivity (Wildman–Crippen MR) is 60.3 cm³/mol. The van der Waals surface area contributed by atoms with E-state index in [2.05, 4.69) is 0 Å². The molecule has 19 heavy (non-hydrogen) atoms. The van der Waals surface area contributed by atoms with Crippen LogP contribution in [0.15, 0.2) is 12.1 Å². The van der Waals surface area contributed by atoms with Gasteiger partial charge in [-0.2, -0.15) is 4.39 Å². The molecule has 1 rings (SSSR count). The molecule has 1 amide bonds. The zero-order valence-corrected chi connectivity index (χ0v) is 9.64. The Bertz CT molecular complexity index is 510. The van der Waals surface area contributed by atoms with Gasteiger partial charge >= 0.3 is 5.69 Å². The highest BCUT2D eigenvalue weighted by molar-refractivity contribution is 5.79. The number of nitro groups is 1. The van der Waals surface area contributed by atoms with Crippen molar-refractivity contribution in [1.29, 1.82) is 0 Å². The number of primary amides is 1. The predicted octanol–water partition coefficient (Wildman–Crippen LogP) is 0.455. The van der Waals surface area contributed by atoms with Gasteiger partial charge < -0.3 is 16.2 Å². The molecule has 0 aromatic heterocycles. The summed E-state index contributed by atoms with van der Waals surface area (Å²) in [5.74, 6) is -3.56. The molecule has 0 saturated carbocycles. The first kappa shape index (κ1) is 14.8. The van der Waals surface area contributed by atoms with E-state index in [1.165, 1.54) is 0 Å². The second-order valence-electron chi connectivity index (χ2n) is 3.64. The number of nitrogens with two attached hydrogens (primary N) is 2. The summed E-state index contributed by atoms with van der Waals surface area (Å²) in [5.41, 5.74) is 9.21. The van der Waals surface area contributed by atoms with Crippen LogP contribution in [0.2, 0.25) is 0 Å². The number of hydrogen-bond acceptors (Lipinski definition) is 5. The van der Waals surface area contributed by atoms with E-state index in [1.807, 2.05) is 0 Å². The van der Waals surface area contributed by atoms with E-state index in [1.54, 1.807) is 0 Å². The average Bonchev–Trinajstić information content (AvgIpc) is 2.32. The molecule has 1 aromatic rings. The molecule has 1 unspecified atom stereocenters. The summed E-state index contributed by atoms with van der Waals surface area (Å²) < 4.78 is 31.4. The van der Waals surface area contributed by atoms with Crippen LogP contribution in [0.5, 0.6) is 5.75 Å². The van der Waals surface area contributed by atoms with Crippen LogP contribution in [-0.2, 0) is 4.79 Å². The molecule has 0 aliphatic rings. The Morgan fingerprint density at radius 1 is 1.42 bits per heavy atom. The van der Waals surface area contributed by atoms with Gasteiger partial charge in [0.2, 0.25) is 11.7 Å². The number of halogens is 2. The summed E-state index contributed by atoms with van der Waals surface area (Å²) in [6.45, 7) is -0.182. The van der Waals surface area contributed by atoms with Crippen LogP contribution in [0, 0.1) is 21.7 Å². The van der Waals surface area contributed by atoms with E-state index in [9.17, 15) is 23.7 Å². The molecule has 1 atom stereocenters. The smallest absolute Gasteiger partial charge is 0.307 e. The lowest BCUT2D eigenvalue weighted by Crippen LogP contribution is -2.37. The number of hydrogen-bond donors (Lipinski definition) is 2. The number of amides is 1. The third-order valence-electron chi connectivity index (χ3n) is 2.25. The molecule has 9 heteroatoms. The Kier molecular flexibility index (Phi) is 4.70. The van der Waals surface area contributed by atoms with E-state index in [4.69, 9.17) is 16.2 Å². The van der Waals surface area contributed by atoms with Crippen molar-refractivity contribution in [2.75, 3.05) is 6.61 Å². The maximum atomic E-state index is 13.4. The zero-order chi connectivity index (χ0) is 14.6. The molecule has 0 spiro atoms. The van der Waals surface area contributed by atoms with Crippen LogP contribution in [0.25, 0.3) is 0 Å². The van der Waals surface area contributed by atoms with Gasteiger partial charge in [-0.3, -0.25) is 14.9 Å². The fourth-order valence-electron chi connectivity index (χ4n) is 1.21. The van der Waals surface area contributed by atoms with Crippen LogP contribution >= 0.6 is 0 Å². The van der Waals surface area contributed by atoms with Crippen LogP contribution in [-0.4, -0.2) is 23.5 Å². The minimum Gasteiger partial charge on any atom is -0.490 e. The monoisotopic (exact) mass is 275 g/mol. The molecule has 7 nitrogen and oxygen atoms in total. The molecular weight excluding hydrogens is 264 g/mol. The van der Waals surface area contributed by atoms with E-state index in [-0.39, 0.29) is 13.0 Å². The quantitative estimate of drug-likeness (QED) is 0.576. The van der Waals surface area contributed by atoms with E-state index < -0.39 is 39.9 Å². The van der Waals surface area contributed by atoms with E-state index in [0.29, 0.717) is 12.1 Å². The molecule has 0 aliphatic heterocycles. The third-order valence-corrected chi connectivity index (χ3v) is 2.25.